The number of hydrogen-bond donors (Lipinski definition) is 0. The average Bonchev–Trinajstić information content (AvgIpc) is 2.70. The number of carbonyl (C=O) groups excluding carboxylic acids is 1. The molecule has 2 rings (SSSR count). The highest BCUT2D eigenvalue weighted by atomic mass is 35.5. The Morgan fingerprint density at radius 2 is 2.21 bits per heavy atom. The molecule has 2 nitrogen and oxygen atoms in total. The maximum absolute atomic E-state index is 12.0. The van der Waals surface area contributed by atoms with Crippen molar-refractivity contribution in [3.63, 3.8) is 0 Å². The Labute approximate surface area is 124 Å². The smallest absolute Gasteiger partial charge is 0.198 e. The second kappa shape index (κ2) is 5.94. The van der Waals surface area contributed by atoms with Crippen LogP contribution in [0.1, 0.15) is 49.7 Å². The first-order valence-electron chi connectivity index (χ1n) is 6.76. The minimum Gasteiger partial charge on any atom is -0.370 e. The summed E-state index contributed by atoms with van der Waals surface area (Å²) in [5.41, 5.74) is 0.317. The molecular weight excluding hydrogens is 280 g/mol. The Morgan fingerprint density at radius 3 is 2.79 bits per heavy atom. The molecule has 1 aromatic rings. The molecule has 1 aliphatic carbocycles. The van der Waals surface area contributed by atoms with E-state index in [1.54, 1.807) is 12.1 Å². The number of halogens is 1. The number of carbonyl (C=O) groups is 1. The molecular formula is C15H21ClO2S. The van der Waals surface area contributed by atoms with Crippen LogP contribution in [-0.2, 0) is 4.74 Å². The third kappa shape index (κ3) is 4.30. The number of hydrogen-bond acceptors (Lipinski definition) is 3. The molecule has 0 N–H and O–H groups in total. The topological polar surface area (TPSA) is 26.3 Å². The standard InChI is InChI=1S/C15H21ClO2S/c1-10-6-11(8-15(2,3)7-10)18-9-12(17)13-4-5-14(16)19-13/h4-5,10-11H,6-9H2,1-3H3. The molecule has 1 fully saturated rings. The summed E-state index contributed by atoms with van der Waals surface area (Å²) >= 11 is 7.15. The van der Waals surface area contributed by atoms with Gasteiger partial charge in [0, 0.05) is 0 Å². The van der Waals surface area contributed by atoms with Crippen molar-refractivity contribution in [1.82, 2.24) is 0 Å². The maximum Gasteiger partial charge on any atom is 0.198 e. The predicted molar refractivity (Wildman–Crippen MR) is 80.2 cm³/mol. The Hall–Kier alpha value is -0.380. The van der Waals surface area contributed by atoms with Gasteiger partial charge in [-0.2, -0.15) is 0 Å². The SMILES string of the molecule is CC1CC(OCC(=O)c2ccc(Cl)s2)CC(C)(C)C1. The Kier molecular flexibility index (Phi) is 4.70. The Bertz CT molecular complexity index is 453. The fourth-order valence-electron chi connectivity index (χ4n) is 3.11. The molecule has 0 spiro atoms. The van der Waals surface area contributed by atoms with Crippen molar-refractivity contribution in [3.05, 3.63) is 21.3 Å². The molecule has 1 saturated carbocycles. The van der Waals surface area contributed by atoms with E-state index >= 15 is 0 Å². The van der Waals surface area contributed by atoms with Crippen molar-refractivity contribution in [1.29, 1.82) is 0 Å². The van der Waals surface area contributed by atoms with Gasteiger partial charge in [0.1, 0.15) is 6.61 Å². The Balaban J connectivity index is 1.86. The third-order valence-electron chi connectivity index (χ3n) is 3.64. The zero-order chi connectivity index (χ0) is 14.0. The van der Waals surface area contributed by atoms with Crippen LogP contribution in [0.3, 0.4) is 0 Å². The molecule has 1 heterocycles. The zero-order valence-electron chi connectivity index (χ0n) is 11.7. The maximum atomic E-state index is 12.0. The molecule has 0 aliphatic heterocycles. The van der Waals surface area contributed by atoms with Gasteiger partial charge < -0.3 is 4.74 Å². The molecule has 4 heteroatoms. The summed E-state index contributed by atoms with van der Waals surface area (Å²) < 4.78 is 6.48. The molecule has 1 aliphatic rings. The number of Topliss-reactive ketones (excluding diaryl/α,β-unsaturated/α-hetero) is 1. The number of thiophene rings is 1. The number of rotatable bonds is 4. The second-order valence-corrected chi connectivity index (χ2v) is 8.09. The molecule has 2 atom stereocenters. The normalized spacial score (nSPS) is 26.3. The lowest BCUT2D eigenvalue weighted by Crippen LogP contribution is -2.33. The molecule has 1 aromatic heterocycles. The van der Waals surface area contributed by atoms with Gasteiger partial charge in [-0.05, 0) is 42.7 Å². The fourth-order valence-corrected chi connectivity index (χ4v) is 4.08. The lowest BCUT2D eigenvalue weighted by Gasteiger charge is -2.38. The van der Waals surface area contributed by atoms with Crippen LogP contribution in [0.4, 0.5) is 0 Å². The van der Waals surface area contributed by atoms with E-state index in [9.17, 15) is 4.79 Å². The molecule has 19 heavy (non-hydrogen) atoms. The highest BCUT2D eigenvalue weighted by molar-refractivity contribution is 7.18. The molecule has 0 radical (unpaired) electrons. The van der Waals surface area contributed by atoms with E-state index in [4.69, 9.17) is 16.3 Å². The van der Waals surface area contributed by atoms with E-state index in [2.05, 4.69) is 20.8 Å². The van der Waals surface area contributed by atoms with Gasteiger partial charge in [0.25, 0.3) is 0 Å². The van der Waals surface area contributed by atoms with Crippen molar-refractivity contribution < 1.29 is 9.53 Å². The largest absolute Gasteiger partial charge is 0.370 e. The predicted octanol–water partition coefficient (Wildman–Crippen LogP) is 4.82. The van der Waals surface area contributed by atoms with Crippen LogP contribution < -0.4 is 0 Å². The quantitative estimate of drug-likeness (QED) is 0.746. The summed E-state index contributed by atoms with van der Waals surface area (Å²) in [6.07, 6.45) is 3.54. The molecule has 106 valence electrons. The molecule has 0 bridgehead atoms. The van der Waals surface area contributed by atoms with Gasteiger partial charge in [-0.1, -0.05) is 32.4 Å². The van der Waals surface area contributed by atoms with Crippen molar-refractivity contribution in [2.75, 3.05) is 6.61 Å². The van der Waals surface area contributed by atoms with Gasteiger partial charge in [-0.25, -0.2) is 0 Å². The summed E-state index contributed by atoms with van der Waals surface area (Å²) in [7, 11) is 0. The van der Waals surface area contributed by atoms with Crippen molar-refractivity contribution in [2.24, 2.45) is 11.3 Å². The highest BCUT2D eigenvalue weighted by Gasteiger charge is 2.32. The molecule has 0 saturated heterocycles. The lowest BCUT2D eigenvalue weighted by atomic mass is 9.71. The van der Waals surface area contributed by atoms with Crippen molar-refractivity contribution >= 4 is 28.7 Å². The van der Waals surface area contributed by atoms with E-state index < -0.39 is 0 Å². The van der Waals surface area contributed by atoms with Crippen LogP contribution in [0.15, 0.2) is 12.1 Å². The second-order valence-electron chi connectivity index (χ2n) is 6.37. The number of ketones is 1. The third-order valence-corrected chi connectivity index (χ3v) is 4.92. The van der Waals surface area contributed by atoms with Gasteiger partial charge in [0.15, 0.2) is 5.78 Å². The van der Waals surface area contributed by atoms with E-state index in [-0.39, 0.29) is 18.5 Å². The van der Waals surface area contributed by atoms with E-state index in [0.717, 1.165) is 12.8 Å². The first kappa shape index (κ1) is 15.0. The van der Waals surface area contributed by atoms with Crippen LogP contribution in [-0.4, -0.2) is 18.5 Å². The zero-order valence-corrected chi connectivity index (χ0v) is 13.3. The average molecular weight is 301 g/mol. The number of ether oxygens (including phenoxy) is 1. The minimum absolute atomic E-state index is 0.0351. The van der Waals surface area contributed by atoms with Gasteiger partial charge in [-0.15, -0.1) is 11.3 Å². The van der Waals surface area contributed by atoms with E-state index in [1.807, 2.05) is 0 Å². The van der Waals surface area contributed by atoms with Gasteiger partial charge in [-0.3, -0.25) is 4.79 Å². The van der Waals surface area contributed by atoms with Crippen molar-refractivity contribution in [2.45, 2.75) is 46.1 Å². The van der Waals surface area contributed by atoms with Crippen LogP contribution in [0.2, 0.25) is 4.34 Å². The highest BCUT2D eigenvalue weighted by Crippen LogP contribution is 2.39. The first-order valence-corrected chi connectivity index (χ1v) is 7.95. The van der Waals surface area contributed by atoms with Gasteiger partial charge >= 0.3 is 0 Å². The van der Waals surface area contributed by atoms with Crippen LogP contribution in [0.5, 0.6) is 0 Å². The van der Waals surface area contributed by atoms with Gasteiger partial charge in [0.2, 0.25) is 0 Å². The fraction of sp³-hybridized carbons (Fsp3) is 0.667. The summed E-state index contributed by atoms with van der Waals surface area (Å²) in [6.45, 7) is 6.99. The minimum atomic E-state index is 0.0351. The van der Waals surface area contributed by atoms with Crippen molar-refractivity contribution in [3.8, 4) is 0 Å². The lowest BCUT2D eigenvalue weighted by molar-refractivity contribution is -0.0166. The monoisotopic (exact) mass is 300 g/mol. The summed E-state index contributed by atoms with van der Waals surface area (Å²) in [4.78, 5) is 12.7. The van der Waals surface area contributed by atoms with Crippen LogP contribution in [0, 0.1) is 11.3 Å². The van der Waals surface area contributed by atoms with Gasteiger partial charge in [0.05, 0.1) is 15.3 Å². The Morgan fingerprint density at radius 1 is 1.47 bits per heavy atom. The summed E-state index contributed by atoms with van der Waals surface area (Å²) in [6, 6.07) is 3.53. The first-order chi connectivity index (χ1) is 8.85. The van der Waals surface area contributed by atoms with Crippen LogP contribution >= 0.6 is 22.9 Å². The van der Waals surface area contributed by atoms with E-state index in [1.165, 1.54) is 17.8 Å². The molecule has 0 aromatic carbocycles. The van der Waals surface area contributed by atoms with Crippen LogP contribution in [0.25, 0.3) is 0 Å². The summed E-state index contributed by atoms with van der Waals surface area (Å²) in [5.74, 6) is 0.702. The van der Waals surface area contributed by atoms with E-state index in [0.29, 0.717) is 20.5 Å². The molecule has 2 unspecified atom stereocenters. The molecule has 0 amide bonds. The summed E-state index contributed by atoms with van der Waals surface area (Å²) in [5, 5.41) is 0.